The molecule has 78 valence electrons. The molecule has 2 heterocycles. The van der Waals surface area contributed by atoms with Gasteiger partial charge in [0.2, 0.25) is 0 Å². The summed E-state index contributed by atoms with van der Waals surface area (Å²) in [7, 11) is 0. The van der Waals surface area contributed by atoms with E-state index in [9.17, 15) is 9.90 Å². The van der Waals surface area contributed by atoms with E-state index in [0.29, 0.717) is 11.5 Å². The molecule has 0 aliphatic rings. The zero-order chi connectivity index (χ0) is 11.0. The van der Waals surface area contributed by atoms with Crippen LogP contribution in [-0.4, -0.2) is 10.1 Å². The van der Waals surface area contributed by atoms with E-state index < -0.39 is 5.63 Å². The summed E-state index contributed by atoms with van der Waals surface area (Å²) in [6.45, 7) is 3.44. The Morgan fingerprint density at radius 2 is 2.20 bits per heavy atom. The Bertz CT molecular complexity index is 556. The van der Waals surface area contributed by atoms with Gasteiger partial charge < -0.3 is 9.52 Å². The van der Waals surface area contributed by atoms with Crippen LogP contribution in [0.15, 0.2) is 20.7 Å². The van der Waals surface area contributed by atoms with Gasteiger partial charge in [-0.05, 0) is 13.8 Å². The second kappa shape index (κ2) is 3.51. The highest BCUT2D eigenvalue weighted by atomic mass is 32.1. The summed E-state index contributed by atoms with van der Waals surface area (Å²) in [6.07, 6.45) is 0. The Morgan fingerprint density at radius 1 is 1.47 bits per heavy atom. The predicted octanol–water partition coefficient (Wildman–Crippen LogP) is 2.09. The van der Waals surface area contributed by atoms with E-state index in [2.05, 4.69) is 4.98 Å². The van der Waals surface area contributed by atoms with Gasteiger partial charge >= 0.3 is 5.63 Å². The summed E-state index contributed by atoms with van der Waals surface area (Å²) >= 11 is 1.42. The van der Waals surface area contributed by atoms with E-state index in [1.807, 2.05) is 6.92 Å². The lowest BCUT2D eigenvalue weighted by Gasteiger charge is -1.99. The van der Waals surface area contributed by atoms with Crippen LogP contribution in [0.4, 0.5) is 0 Å². The molecule has 15 heavy (non-hydrogen) atoms. The molecule has 0 spiro atoms. The Labute approximate surface area is 89.8 Å². The Hall–Kier alpha value is -1.62. The highest BCUT2D eigenvalue weighted by Crippen LogP contribution is 2.27. The first-order valence-electron chi connectivity index (χ1n) is 4.34. The first-order chi connectivity index (χ1) is 7.08. The molecule has 0 radical (unpaired) electrons. The first kappa shape index (κ1) is 9.92. The van der Waals surface area contributed by atoms with Gasteiger partial charge in [0.15, 0.2) is 0 Å². The maximum absolute atomic E-state index is 11.5. The molecule has 0 fully saturated rings. The SMILES string of the molecule is Cc1cc(O)c(-c2csc(C)n2)c(=O)o1. The maximum Gasteiger partial charge on any atom is 0.349 e. The van der Waals surface area contributed by atoms with Crippen molar-refractivity contribution >= 4 is 11.3 Å². The van der Waals surface area contributed by atoms with Crippen molar-refractivity contribution in [2.24, 2.45) is 0 Å². The van der Waals surface area contributed by atoms with Crippen LogP contribution in [0.2, 0.25) is 0 Å². The lowest BCUT2D eigenvalue weighted by molar-refractivity contribution is 0.438. The smallest absolute Gasteiger partial charge is 0.349 e. The molecule has 0 saturated carbocycles. The van der Waals surface area contributed by atoms with Crippen molar-refractivity contribution in [1.29, 1.82) is 0 Å². The van der Waals surface area contributed by atoms with Gasteiger partial charge in [0.05, 0.1) is 10.7 Å². The summed E-state index contributed by atoms with van der Waals surface area (Å²) < 4.78 is 4.90. The van der Waals surface area contributed by atoms with Crippen molar-refractivity contribution in [2.75, 3.05) is 0 Å². The molecule has 0 bridgehead atoms. The molecular weight excluding hydrogens is 214 g/mol. The largest absolute Gasteiger partial charge is 0.507 e. The molecule has 4 nitrogen and oxygen atoms in total. The van der Waals surface area contributed by atoms with E-state index in [4.69, 9.17) is 4.42 Å². The van der Waals surface area contributed by atoms with Crippen LogP contribution in [0.5, 0.6) is 5.75 Å². The van der Waals surface area contributed by atoms with Gasteiger partial charge in [-0.1, -0.05) is 0 Å². The van der Waals surface area contributed by atoms with Crippen molar-refractivity contribution < 1.29 is 9.52 Å². The van der Waals surface area contributed by atoms with Gasteiger partial charge in [0.25, 0.3) is 0 Å². The number of thiazole rings is 1. The molecule has 2 aromatic heterocycles. The van der Waals surface area contributed by atoms with E-state index in [1.54, 1.807) is 12.3 Å². The van der Waals surface area contributed by atoms with Crippen LogP contribution in [0.3, 0.4) is 0 Å². The lowest BCUT2D eigenvalue weighted by Crippen LogP contribution is -2.04. The van der Waals surface area contributed by atoms with Crippen molar-refractivity contribution in [2.45, 2.75) is 13.8 Å². The molecule has 2 aromatic rings. The molecule has 0 unspecified atom stereocenters. The fourth-order valence-corrected chi connectivity index (χ4v) is 1.91. The van der Waals surface area contributed by atoms with Crippen LogP contribution in [0.1, 0.15) is 10.8 Å². The highest BCUT2D eigenvalue weighted by molar-refractivity contribution is 7.09. The molecule has 0 amide bonds. The molecule has 2 rings (SSSR count). The van der Waals surface area contributed by atoms with Gasteiger partial charge in [0.1, 0.15) is 17.1 Å². The van der Waals surface area contributed by atoms with Crippen LogP contribution in [0, 0.1) is 13.8 Å². The quantitative estimate of drug-likeness (QED) is 0.804. The summed E-state index contributed by atoms with van der Waals surface area (Å²) in [5.41, 5.74) is 0.0338. The van der Waals surface area contributed by atoms with E-state index in [-0.39, 0.29) is 11.3 Å². The molecule has 1 N–H and O–H groups in total. The third-order valence-corrected chi connectivity index (χ3v) is 2.70. The van der Waals surface area contributed by atoms with Crippen LogP contribution in [-0.2, 0) is 0 Å². The number of hydrogen-bond donors (Lipinski definition) is 1. The Morgan fingerprint density at radius 3 is 2.73 bits per heavy atom. The van der Waals surface area contributed by atoms with Gasteiger partial charge in [-0.3, -0.25) is 0 Å². The van der Waals surface area contributed by atoms with Gasteiger partial charge in [0, 0.05) is 11.4 Å². The zero-order valence-corrected chi connectivity index (χ0v) is 9.09. The highest BCUT2D eigenvalue weighted by Gasteiger charge is 2.14. The fraction of sp³-hybridized carbons (Fsp3) is 0.200. The predicted molar refractivity (Wildman–Crippen MR) is 57.2 cm³/mol. The number of hydrogen-bond acceptors (Lipinski definition) is 5. The number of rotatable bonds is 1. The van der Waals surface area contributed by atoms with Crippen LogP contribution >= 0.6 is 11.3 Å². The number of nitrogens with zero attached hydrogens (tertiary/aromatic N) is 1. The molecule has 0 saturated heterocycles. The van der Waals surface area contributed by atoms with Crippen molar-refractivity contribution in [3.63, 3.8) is 0 Å². The minimum Gasteiger partial charge on any atom is -0.507 e. The molecule has 0 atom stereocenters. The molecule has 0 aliphatic heterocycles. The number of aromatic nitrogens is 1. The second-order valence-corrected chi connectivity index (χ2v) is 4.22. The first-order valence-corrected chi connectivity index (χ1v) is 5.22. The van der Waals surface area contributed by atoms with Crippen molar-refractivity contribution in [3.05, 3.63) is 32.6 Å². The topological polar surface area (TPSA) is 63.3 Å². The average Bonchev–Trinajstić information content (AvgIpc) is 2.49. The van der Waals surface area contributed by atoms with Crippen molar-refractivity contribution in [1.82, 2.24) is 4.98 Å². The zero-order valence-electron chi connectivity index (χ0n) is 8.27. The van der Waals surface area contributed by atoms with Crippen molar-refractivity contribution in [3.8, 4) is 17.0 Å². The summed E-state index contributed by atoms with van der Waals surface area (Å²) in [4.78, 5) is 15.6. The summed E-state index contributed by atoms with van der Waals surface area (Å²) in [5.74, 6) is 0.294. The Balaban J connectivity index is 2.68. The molecule has 0 aromatic carbocycles. The van der Waals surface area contributed by atoms with E-state index >= 15 is 0 Å². The molecule has 5 heteroatoms. The van der Waals surface area contributed by atoms with Crippen LogP contribution < -0.4 is 5.63 Å². The summed E-state index contributed by atoms with van der Waals surface area (Å²) in [6, 6.07) is 1.41. The second-order valence-electron chi connectivity index (χ2n) is 3.16. The van der Waals surface area contributed by atoms with E-state index in [1.165, 1.54) is 17.4 Å². The third-order valence-electron chi connectivity index (χ3n) is 1.93. The monoisotopic (exact) mass is 223 g/mol. The summed E-state index contributed by atoms with van der Waals surface area (Å²) in [5, 5.41) is 12.2. The number of aromatic hydroxyl groups is 1. The minimum absolute atomic E-state index is 0.0888. The lowest BCUT2D eigenvalue weighted by atomic mass is 10.2. The van der Waals surface area contributed by atoms with Gasteiger partial charge in [-0.2, -0.15) is 0 Å². The Kier molecular flexibility index (Phi) is 2.32. The maximum atomic E-state index is 11.5. The minimum atomic E-state index is -0.558. The average molecular weight is 223 g/mol. The van der Waals surface area contributed by atoms with Gasteiger partial charge in [-0.25, -0.2) is 9.78 Å². The van der Waals surface area contributed by atoms with E-state index in [0.717, 1.165) is 5.01 Å². The third kappa shape index (κ3) is 1.78. The fourth-order valence-electron chi connectivity index (χ4n) is 1.31. The molecule has 0 aliphatic carbocycles. The standard InChI is InChI=1S/C10H9NO3S/c1-5-3-8(12)9(10(13)14-5)7-4-15-6(2)11-7/h3-4,12H,1-2H3. The van der Waals surface area contributed by atoms with Gasteiger partial charge in [-0.15, -0.1) is 11.3 Å². The normalized spacial score (nSPS) is 10.5. The van der Waals surface area contributed by atoms with Crippen LogP contribution in [0.25, 0.3) is 11.3 Å². The number of aryl methyl sites for hydroxylation is 2. The molecular formula is C10H9NO3S.